The molecular formula is C17H29NO. The van der Waals surface area contributed by atoms with Gasteiger partial charge in [0.05, 0.1) is 6.61 Å². The summed E-state index contributed by atoms with van der Waals surface area (Å²) in [6.45, 7) is 5.05. The van der Waals surface area contributed by atoms with Gasteiger partial charge in [0.1, 0.15) is 0 Å². The summed E-state index contributed by atoms with van der Waals surface area (Å²) in [5, 5.41) is 3.50. The number of ether oxygens (including phenoxy) is 1. The molecule has 0 saturated carbocycles. The van der Waals surface area contributed by atoms with Crippen molar-refractivity contribution in [2.45, 2.75) is 44.9 Å². The quantitative estimate of drug-likeness (QED) is 0.610. The van der Waals surface area contributed by atoms with Crippen molar-refractivity contribution >= 4 is 0 Å². The maximum Gasteiger partial charge on any atom is 0.0587 e. The molecular weight excluding hydrogens is 234 g/mol. The number of nitrogens with one attached hydrogen (secondary N) is 1. The lowest BCUT2D eigenvalue weighted by Gasteiger charge is -2.18. The predicted molar refractivity (Wildman–Crippen MR) is 82.7 cm³/mol. The largest absolute Gasteiger partial charge is 0.383 e. The van der Waals surface area contributed by atoms with Crippen LogP contribution in [0.3, 0.4) is 0 Å². The van der Waals surface area contributed by atoms with Crippen molar-refractivity contribution in [2.75, 3.05) is 26.8 Å². The Balaban J connectivity index is 2.39. The summed E-state index contributed by atoms with van der Waals surface area (Å²) in [5.41, 5.74) is 1.46. The molecule has 1 aromatic rings. The van der Waals surface area contributed by atoms with E-state index in [9.17, 15) is 0 Å². The summed E-state index contributed by atoms with van der Waals surface area (Å²) in [4.78, 5) is 0. The van der Waals surface area contributed by atoms with Crippen molar-refractivity contribution in [3.8, 4) is 0 Å². The Labute approximate surface area is 118 Å². The number of methoxy groups -OCH3 is 1. The third kappa shape index (κ3) is 7.34. The van der Waals surface area contributed by atoms with Crippen molar-refractivity contribution in [3.05, 3.63) is 35.9 Å². The second kappa shape index (κ2) is 11.0. The fourth-order valence-corrected chi connectivity index (χ4v) is 2.38. The molecule has 1 atom stereocenters. The second-order valence-electron chi connectivity index (χ2n) is 5.15. The van der Waals surface area contributed by atoms with Gasteiger partial charge in [0.2, 0.25) is 0 Å². The highest BCUT2D eigenvalue weighted by Gasteiger charge is 2.10. The highest BCUT2D eigenvalue weighted by atomic mass is 16.5. The topological polar surface area (TPSA) is 21.3 Å². The molecule has 0 aromatic heterocycles. The molecule has 0 fully saturated rings. The summed E-state index contributed by atoms with van der Waals surface area (Å²) in [7, 11) is 1.75. The zero-order valence-corrected chi connectivity index (χ0v) is 12.5. The maximum atomic E-state index is 5.08. The van der Waals surface area contributed by atoms with Crippen molar-refractivity contribution in [1.29, 1.82) is 0 Å². The second-order valence-corrected chi connectivity index (χ2v) is 5.15. The first-order valence-electron chi connectivity index (χ1n) is 7.63. The lowest BCUT2D eigenvalue weighted by atomic mass is 9.93. The van der Waals surface area contributed by atoms with Crippen LogP contribution in [0.1, 0.15) is 50.5 Å². The average Bonchev–Trinajstić information content (AvgIpc) is 2.46. The van der Waals surface area contributed by atoms with Gasteiger partial charge in [0.25, 0.3) is 0 Å². The van der Waals surface area contributed by atoms with Crippen LogP contribution in [0, 0.1) is 0 Å². The van der Waals surface area contributed by atoms with E-state index in [2.05, 4.69) is 42.6 Å². The number of unbranched alkanes of at least 4 members (excludes halogenated alkanes) is 3. The van der Waals surface area contributed by atoms with Gasteiger partial charge in [0.15, 0.2) is 0 Å². The van der Waals surface area contributed by atoms with Gasteiger partial charge in [-0.3, -0.25) is 0 Å². The molecule has 0 spiro atoms. The summed E-state index contributed by atoms with van der Waals surface area (Å²) in [6.07, 6.45) is 6.64. The molecule has 1 aromatic carbocycles. The molecule has 0 aliphatic heterocycles. The molecule has 0 amide bonds. The van der Waals surface area contributed by atoms with Crippen LogP contribution in [0.25, 0.3) is 0 Å². The zero-order chi connectivity index (χ0) is 13.8. The zero-order valence-electron chi connectivity index (χ0n) is 12.5. The fraction of sp³-hybridized carbons (Fsp3) is 0.647. The van der Waals surface area contributed by atoms with Gasteiger partial charge in [-0.1, -0.05) is 62.9 Å². The van der Waals surface area contributed by atoms with E-state index in [1.807, 2.05) is 0 Å². The lowest BCUT2D eigenvalue weighted by molar-refractivity contribution is 0.198. The van der Waals surface area contributed by atoms with E-state index >= 15 is 0 Å². The Hall–Kier alpha value is -0.860. The van der Waals surface area contributed by atoms with Gasteiger partial charge in [-0.2, -0.15) is 0 Å². The van der Waals surface area contributed by atoms with Crippen LogP contribution in [0.2, 0.25) is 0 Å². The molecule has 2 heteroatoms. The molecule has 0 radical (unpaired) electrons. The molecule has 1 unspecified atom stereocenters. The molecule has 108 valence electrons. The van der Waals surface area contributed by atoms with Gasteiger partial charge in [-0.05, 0) is 17.9 Å². The monoisotopic (exact) mass is 263 g/mol. The SMILES string of the molecule is CCCCCCC(CNCCOC)c1ccccc1. The third-order valence-electron chi connectivity index (χ3n) is 3.55. The van der Waals surface area contributed by atoms with E-state index in [1.165, 1.54) is 37.7 Å². The van der Waals surface area contributed by atoms with Crippen molar-refractivity contribution in [1.82, 2.24) is 5.32 Å². The standard InChI is InChI=1S/C17H29NO/c1-3-4-5-7-12-17(15-18-13-14-19-2)16-10-8-6-9-11-16/h6,8-11,17-18H,3-5,7,12-15H2,1-2H3. The van der Waals surface area contributed by atoms with E-state index in [-0.39, 0.29) is 0 Å². The minimum Gasteiger partial charge on any atom is -0.383 e. The van der Waals surface area contributed by atoms with Crippen molar-refractivity contribution in [3.63, 3.8) is 0 Å². The Morgan fingerprint density at radius 1 is 1.11 bits per heavy atom. The number of rotatable bonds is 11. The molecule has 19 heavy (non-hydrogen) atoms. The van der Waals surface area contributed by atoms with Gasteiger partial charge in [-0.25, -0.2) is 0 Å². The highest BCUT2D eigenvalue weighted by Crippen LogP contribution is 2.21. The fourth-order valence-electron chi connectivity index (χ4n) is 2.38. The smallest absolute Gasteiger partial charge is 0.0587 e. The molecule has 0 heterocycles. The molecule has 0 bridgehead atoms. The van der Waals surface area contributed by atoms with Crippen LogP contribution in [0.5, 0.6) is 0 Å². The molecule has 0 aliphatic carbocycles. The van der Waals surface area contributed by atoms with E-state index in [0.717, 1.165) is 19.7 Å². The van der Waals surface area contributed by atoms with Crippen LogP contribution >= 0.6 is 0 Å². The minimum absolute atomic E-state index is 0.634. The summed E-state index contributed by atoms with van der Waals surface area (Å²) in [6, 6.07) is 10.9. The third-order valence-corrected chi connectivity index (χ3v) is 3.55. The Morgan fingerprint density at radius 3 is 2.58 bits per heavy atom. The molecule has 2 nitrogen and oxygen atoms in total. The van der Waals surface area contributed by atoms with Gasteiger partial charge >= 0.3 is 0 Å². The van der Waals surface area contributed by atoms with E-state index in [0.29, 0.717) is 5.92 Å². The van der Waals surface area contributed by atoms with E-state index in [4.69, 9.17) is 4.74 Å². The lowest BCUT2D eigenvalue weighted by Crippen LogP contribution is -2.25. The van der Waals surface area contributed by atoms with Crippen LogP contribution < -0.4 is 5.32 Å². The predicted octanol–water partition coefficient (Wildman–Crippen LogP) is 3.98. The number of hydrogen-bond donors (Lipinski definition) is 1. The summed E-state index contributed by atoms with van der Waals surface area (Å²) in [5.74, 6) is 0.634. The summed E-state index contributed by atoms with van der Waals surface area (Å²) < 4.78 is 5.08. The highest BCUT2D eigenvalue weighted by molar-refractivity contribution is 5.19. The number of benzene rings is 1. The first kappa shape index (κ1) is 16.2. The van der Waals surface area contributed by atoms with Crippen LogP contribution in [-0.2, 0) is 4.74 Å². The van der Waals surface area contributed by atoms with Crippen LogP contribution in [0.4, 0.5) is 0 Å². The average molecular weight is 263 g/mol. The van der Waals surface area contributed by atoms with Gasteiger partial charge in [0, 0.05) is 20.2 Å². The molecule has 1 rings (SSSR count). The van der Waals surface area contributed by atoms with E-state index in [1.54, 1.807) is 7.11 Å². The van der Waals surface area contributed by atoms with E-state index < -0.39 is 0 Å². The maximum absolute atomic E-state index is 5.08. The molecule has 0 aliphatic rings. The van der Waals surface area contributed by atoms with Crippen LogP contribution in [-0.4, -0.2) is 26.8 Å². The van der Waals surface area contributed by atoms with Crippen LogP contribution in [0.15, 0.2) is 30.3 Å². The normalized spacial score (nSPS) is 12.5. The number of hydrogen-bond acceptors (Lipinski definition) is 2. The molecule has 1 N–H and O–H groups in total. The Bertz CT molecular complexity index is 287. The Morgan fingerprint density at radius 2 is 1.89 bits per heavy atom. The minimum atomic E-state index is 0.634. The van der Waals surface area contributed by atoms with Gasteiger partial charge < -0.3 is 10.1 Å². The Kier molecular flexibility index (Phi) is 9.38. The first-order valence-corrected chi connectivity index (χ1v) is 7.63. The van der Waals surface area contributed by atoms with Gasteiger partial charge in [-0.15, -0.1) is 0 Å². The van der Waals surface area contributed by atoms with Crippen molar-refractivity contribution in [2.24, 2.45) is 0 Å². The van der Waals surface area contributed by atoms with Crippen molar-refractivity contribution < 1.29 is 4.74 Å². The first-order chi connectivity index (χ1) is 9.38. The molecule has 0 saturated heterocycles. The summed E-state index contributed by atoms with van der Waals surface area (Å²) >= 11 is 0.